The number of aliphatic hydroxyl groups excluding tert-OH is 8. The molecule has 0 radical (unpaired) electrons. The molecule has 30 nitrogen and oxygen atoms in total. The topological polar surface area (TPSA) is 457 Å². The average molecular weight is 1420 g/mol. The summed E-state index contributed by atoms with van der Waals surface area (Å²) in [5.41, 5.74) is 3.24. The van der Waals surface area contributed by atoms with Crippen LogP contribution in [-0.2, 0) is 35.2 Å². The molecule has 2 saturated carbocycles. The smallest absolute Gasteiger partial charge is 0.266 e. The number of phenolic OH excluding ortho intramolecular Hbond substituents is 1. The highest BCUT2D eigenvalue weighted by molar-refractivity contribution is 8.15. The molecule has 554 valence electrons. The Kier molecular flexibility index (Phi) is 26.6. The summed E-state index contributed by atoms with van der Waals surface area (Å²) >= 11 is -4.74. The van der Waals surface area contributed by atoms with E-state index in [0.717, 1.165) is 77.8 Å². The number of benzene rings is 3. The van der Waals surface area contributed by atoms with Crippen molar-refractivity contribution in [1.29, 1.82) is 0 Å². The fraction of sp³-hybridized carbons (Fsp3) is 0.638. The highest BCUT2D eigenvalue weighted by Crippen LogP contribution is 2.49. The molecule has 2 aliphatic carbocycles. The van der Waals surface area contributed by atoms with Gasteiger partial charge in [0.15, 0.2) is 11.5 Å². The minimum atomic E-state index is -4.74. The van der Waals surface area contributed by atoms with Gasteiger partial charge in [-0.05, 0) is 123 Å². The molecule has 100 heavy (non-hydrogen) atoms. The third kappa shape index (κ3) is 19.5. The number of nitrogens with zero attached hydrogens (tertiary/aromatic N) is 4. The third-order valence-electron chi connectivity index (χ3n) is 21.2. The van der Waals surface area contributed by atoms with Gasteiger partial charge in [0.1, 0.15) is 36.3 Å². The van der Waals surface area contributed by atoms with Gasteiger partial charge in [-0.1, -0.05) is 63.4 Å². The molecule has 3 aromatic carbocycles. The van der Waals surface area contributed by atoms with Crippen LogP contribution in [0.15, 0.2) is 66.7 Å². The fourth-order valence-electron chi connectivity index (χ4n) is 15.2. The molecule has 6 aliphatic rings. The second kappa shape index (κ2) is 34.4. The van der Waals surface area contributed by atoms with Crippen molar-refractivity contribution < 1.29 is 97.4 Å². The van der Waals surface area contributed by atoms with Crippen molar-refractivity contribution in [3.63, 3.8) is 0 Å². The summed E-state index contributed by atoms with van der Waals surface area (Å²) in [6, 6.07) is 6.93. The molecular formula is C69H102N10O20S. The Hall–Kier alpha value is -6.82. The average Bonchev–Trinajstić information content (AvgIpc) is 1.58. The Bertz CT molecular complexity index is 3270. The molecule has 4 heterocycles. The predicted octanol–water partition coefficient (Wildman–Crippen LogP) is -0.243. The fourth-order valence-corrected chi connectivity index (χ4v) is 15.5. The Morgan fingerprint density at radius 1 is 0.710 bits per heavy atom. The number of anilines is 1. The molecule has 18 N–H and O–H groups in total. The van der Waals surface area contributed by atoms with E-state index < -0.39 is 194 Å². The van der Waals surface area contributed by atoms with Gasteiger partial charge in [-0.3, -0.25) is 52.1 Å². The lowest BCUT2D eigenvalue weighted by atomic mass is 9.62. The molecule has 0 unspecified atom stereocenters. The maximum absolute atomic E-state index is 15.0. The van der Waals surface area contributed by atoms with Crippen LogP contribution < -0.4 is 41.0 Å². The number of amides is 7. The van der Waals surface area contributed by atoms with Gasteiger partial charge in [0, 0.05) is 114 Å². The number of piperazine rings is 1. The van der Waals surface area contributed by atoms with E-state index in [1.165, 1.54) is 82.9 Å². The van der Waals surface area contributed by atoms with Crippen LogP contribution in [0.25, 0.3) is 11.1 Å². The first-order valence-corrected chi connectivity index (χ1v) is 36.3. The number of rotatable bonds is 20. The molecular weight excluding hydrogens is 1320 g/mol. The van der Waals surface area contributed by atoms with E-state index >= 15 is 4.79 Å². The first-order chi connectivity index (χ1) is 47.5. The van der Waals surface area contributed by atoms with Crippen LogP contribution in [0, 0.1) is 23.2 Å². The van der Waals surface area contributed by atoms with Crippen LogP contribution in [0.2, 0.25) is 0 Å². The van der Waals surface area contributed by atoms with Gasteiger partial charge in [-0.25, -0.2) is 0 Å². The standard InChI is InChI=1S/C69H102N10O20S/c1-39-35-79-60(61(39)88)66(93)71-34-49(83)31-51(72-62(89)45-12-10-43(11-13-45)44-14-16-47(17-15-44)76-25-27-77(28-26-76)48-19-22-69(3,23-20-48)46-7-5-4-6-8-46)63(90)73-57(40(2)82)67(94)78-36-50(84)32-52(78)64(91)74-58(55(87)29-41-9-18-53(85)56(30-41)99-100(96,97)98)65(92)75-59(68(79)95)54(86)21-24-70-33-42(37-80)38-81/h9-18,30,39-40,42,46,48-52,54-55,57-61,70,80-88,96-98H,4-8,19-29,31-38H2,1-3H3,(H,71,93)(H,72,89)(H,73,90)(H,74,91)(H,75,92)/t39-,40+,48?,49+,50+,51-,52-,54+,55+,57-,58-,59-,60-,61-,69?/m0/s1. The zero-order valence-electron chi connectivity index (χ0n) is 56.9. The molecule has 0 bridgehead atoms. The Morgan fingerprint density at radius 2 is 1.33 bits per heavy atom. The summed E-state index contributed by atoms with van der Waals surface area (Å²) in [5, 5.41) is 114. The first kappa shape index (κ1) is 77.3. The highest BCUT2D eigenvalue weighted by atomic mass is 32.3. The van der Waals surface area contributed by atoms with Gasteiger partial charge in [0.2, 0.25) is 35.4 Å². The van der Waals surface area contributed by atoms with E-state index in [9.17, 15) is 88.4 Å². The van der Waals surface area contributed by atoms with Gasteiger partial charge in [0.25, 0.3) is 17.1 Å². The normalized spacial score (nSPS) is 29.5. The number of fused-ring (bicyclic) bond motifs is 2. The quantitative estimate of drug-likeness (QED) is 0.0649. The number of β-amino-alcohol motifs (C(OH)–C–C–N with tert-alkyl or cyclic N) is 1. The summed E-state index contributed by atoms with van der Waals surface area (Å²) in [6.45, 7) is 6.44. The van der Waals surface area contributed by atoms with Crippen LogP contribution in [-0.4, -0.2) is 267 Å². The second-order valence-corrected chi connectivity index (χ2v) is 29.5. The third-order valence-corrected chi connectivity index (χ3v) is 21.6. The van der Waals surface area contributed by atoms with Crippen LogP contribution in [0.3, 0.4) is 0 Å². The zero-order valence-corrected chi connectivity index (χ0v) is 57.7. The van der Waals surface area contributed by atoms with Crippen LogP contribution >= 0.6 is 11.2 Å². The minimum absolute atomic E-state index is 0.0309. The molecule has 13 atom stereocenters. The summed E-state index contributed by atoms with van der Waals surface area (Å²) in [5.74, 6) is -9.99. The minimum Gasteiger partial charge on any atom is -0.504 e. The maximum Gasteiger partial charge on any atom is 0.266 e. The lowest BCUT2D eigenvalue weighted by Gasteiger charge is -2.48. The first-order valence-electron chi connectivity index (χ1n) is 34.9. The van der Waals surface area contributed by atoms with E-state index in [1.807, 2.05) is 12.1 Å². The number of aliphatic hydroxyl groups is 8. The number of phenols is 1. The Morgan fingerprint density at radius 3 is 1.96 bits per heavy atom. The van der Waals surface area contributed by atoms with E-state index in [2.05, 4.69) is 64.9 Å². The molecule has 0 aromatic heterocycles. The summed E-state index contributed by atoms with van der Waals surface area (Å²) in [7, 11) is 0. The largest absolute Gasteiger partial charge is 0.504 e. The number of carbonyl (C=O) groups excluding carboxylic acids is 7. The van der Waals surface area contributed by atoms with Crippen LogP contribution in [0.5, 0.6) is 11.5 Å². The number of hydrogen-bond acceptors (Lipinski definition) is 23. The van der Waals surface area contributed by atoms with E-state index in [-0.39, 0.29) is 37.2 Å². The van der Waals surface area contributed by atoms with Crippen molar-refractivity contribution in [3.05, 3.63) is 77.9 Å². The summed E-state index contributed by atoms with van der Waals surface area (Å²) < 4.78 is 33.5. The van der Waals surface area contributed by atoms with Crippen LogP contribution in [0.1, 0.15) is 114 Å². The SMILES string of the molecule is C[C@@H](O)[C@@H]1NC(=O)[C@@H](NC(=O)c2ccc(-c3ccc(N4CCN(C5CCC(C)(C6CCCCC6)CC5)CC4)cc3)cc2)C[C@@H](O)CNC(=O)[C@@H]2[C@@H](O)[C@@H](C)CN2C(=O)[C@H]([C@H](O)CCNCC(CO)CO)NC(=O)[C@H]([C@H](O)Cc2ccc(O)c(OS(O)(O)O)c2)NC(=O)[C@@H]2C[C@@H](O)CN2C1=O. The molecule has 31 heteroatoms. The number of hydrogen-bond donors (Lipinski definition) is 18. The molecule has 6 fully saturated rings. The summed E-state index contributed by atoms with van der Waals surface area (Å²) in [6.07, 6.45) is -0.766. The highest BCUT2D eigenvalue weighted by Gasteiger charge is 2.50. The molecule has 0 spiro atoms. The zero-order chi connectivity index (χ0) is 72.3. The molecule has 4 aliphatic heterocycles. The lowest BCUT2D eigenvalue weighted by molar-refractivity contribution is -0.147. The van der Waals surface area contributed by atoms with Crippen molar-refractivity contribution in [1.82, 2.24) is 46.6 Å². The second-order valence-electron chi connectivity index (χ2n) is 28.4. The van der Waals surface area contributed by atoms with Crippen molar-refractivity contribution >= 4 is 58.2 Å². The molecule has 4 saturated heterocycles. The molecule has 9 rings (SSSR count). The van der Waals surface area contributed by atoms with E-state index in [1.54, 1.807) is 12.1 Å². The van der Waals surface area contributed by atoms with E-state index in [4.69, 9.17) is 0 Å². The van der Waals surface area contributed by atoms with Gasteiger partial charge >= 0.3 is 0 Å². The van der Waals surface area contributed by atoms with Gasteiger partial charge in [-0.15, -0.1) is 0 Å². The van der Waals surface area contributed by atoms with Gasteiger partial charge in [0.05, 0.1) is 36.6 Å². The Labute approximate surface area is 583 Å². The van der Waals surface area contributed by atoms with Gasteiger partial charge < -0.3 is 96.7 Å². The molecule has 7 amide bonds. The predicted molar refractivity (Wildman–Crippen MR) is 367 cm³/mol. The van der Waals surface area contributed by atoms with E-state index in [0.29, 0.717) is 11.5 Å². The van der Waals surface area contributed by atoms with Crippen LogP contribution in [0.4, 0.5) is 5.69 Å². The maximum atomic E-state index is 15.0. The molecule has 3 aromatic rings. The van der Waals surface area contributed by atoms with Crippen molar-refractivity contribution in [2.45, 2.75) is 183 Å². The number of nitrogens with one attached hydrogen (secondary N) is 6. The number of aromatic hydroxyl groups is 1. The summed E-state index contributed by atoms with van der Waals surface area (Å²) in [4.78, 5) is 109. The number of carbonyl (C=O) groups is 7. The van der Waals surface area contributed by atoms with Crippen molar-refractivity contribution in [2.24, 2.45) is 23.2 Å². The van der Waals surface area contributed by atoms with Crippen molar-refractivity contribution in [2.75, 3.05) is 77.0 Å². The Balaban J connectivity index is 0.947. The monoisotopic (exact) mass is 1420 g/mol. The van der Waals surface area contributed by atoms with Crippen molar-refractivity contribution in [3.8, 4) is 22.6 Å². The van der Waals surface area contributed by atoms with Gasteiger partial charge in [-0.2, -0.15) is 0 Å². The lowest BCUT2D eigenvalue weighted by Crippen LogP contribution is -2.64.